The highest BCUT2D eigenvalue weighted by molar-refractivity contribution is 6.98. The van der Waals surface area contributed by atoms with Gasteiger partial charge in [0.05, 0.1) is 6.61 Å². The van der Waals surface area contributed by atoms with E-state index in [1.165, 1.54) is 6.92 Å². The molecule has 0 unspecified atom stereocenters. The molecule has 0 aromatic heterocycles. The molecule has 1 fully saturated rings. The van der Waals surface area contributed by atoms with E-state index in [0.717, 1.165) is 23.2 Å². The summed E-state index contributed by atoms with van der Waals surface area (Å²) in [5.41, 5.74) is 0. The van der Waals surface area contributed by atoms with Gasteiger partial charge in [0.2, 0.25) is 0 Å². The van der Waals surface area contributed by atoms with Gasteiger partial charge in [0, 0.05) is 25.7 Å². The number of carbonyl (C=O) groups is 2. The van der Waals surface area contributed by atoms with Gasteiger partial charge < -0.3 is 9.53 Å². The number of hydrogen-bond donors (Lipinski definition) is 1. The normalized spacial score (nSPS) is 19.7. The highest BCUT2D eigenvalue weighted by Crippen LogP contribution is 2.43. The highest BCUT2D eigenvalue weighted by Gasteiger charge is 2.50. The second kappa shape index (κ2) is 9.27. The summed E-state index contributed by atoms with van der Waals surface area (Å²) >= 11 is 0. The van der Waals surface area contributed by atoms with Crippen LogP contribution in [-0.2, 0) is 14.3 Å². The lowest BCUT2D eigenvalue weighted by molar-refractivity contribution is -0.142. The van der Waals surface area contributed by atoms with Crippen LogP contribution in [0, 0.1) is 11.8 Å². The van der Waals surface area contributed by atoms with Gasteiger partial charge in [-0.3, -0.25) is 9.59 Å². The highest BCUT2D eigenvalue weighted by atomic mass is 28.4. The van der Waals surface area contributed by atoms with Crippen molar-refractivity contribution in [2.75, 3.05) is 6.61 Å². The Morgan fingerprint density at radius 2 is 1.50 bits per heavy atom. The zero-order chi connectivity index (χ0) is 21.8. The van der Waals surface area contributed by atoms with Crippen molar-refractivity contribution in [1.29, 1.82) is 0 Å². The molecule has 160 valence electrons. The Labute approximate surface area is 180 Å². The number of Topliss-reactive ketones (excluding diaryl/α,β-unsaturated/α-hetero) is 1. The Hall–Kier alpha value is -2.24. The van der Waals surface area contributed by atoms with Gasteiger partial charge in [-0.25, -0.2) is 0 Å². The Bertz CT molecular complexity index is 824. The van der Waals surface area contributed by atoms with Crippen LogP contribution in [-0.4, -0.2) is 31.5 Å². The van der Waals surface area contributed by atoms with Crippen LogP contribution in [0.4, 0.5) is 0 Å². The first-order valence-corrected chi connectivity index (χ1v) is 12.7. The zero-order valence-corrected chi connectivity index (χ0v) is 19.1. The third kappa shape index (κ3) is 4.73. The number of ether oxygens (including phenoxy) is 1. The second-order valence-electron chi connectivity index (χ2n) is 9.13. The maximum atomic E-state index is 12.3. The fraction of sp³-hybridized carbons (Fsp3) is 0.440. The molecule has 0 bridgehead atoms. The average Bonchev–Trinajstić information content (AvgIpc) is 3.11. The van der Waals surface area contributed by atoms with Crippen molar-refractivity contribution in [3.63, 3.8) is 0 Å². The van der Waals surface area contributed by atoms with E-state index in [1.54, 1.807) is 0 Å². The monoisotopic (exact) mass is 424 g/mol. The van der Waals surface area contributed by atoms with Crippen molar-refractivity contribution in [1.82, 2.24) is 0 Å². The molecule has 0 radical (unpaired) electrons. The molecule has 1 aliphatic carbocycles. The summed E-state index contributed by atoms with van der Waals surface area (Å²) in [6.07, 6.45) is 2.66. The second-order valence-corrected chi connectivity index (χ2v) is 13.1. The smallest absolute Gasteiger partial charge is 0.302 e. The predicted molar refractivity (Wildman–Crippen MR) is 121 cm³/mol. The molecule has 0 spiro atoms. The summed E-state index contributed by atoms with van der Waals surface area (Å²) in [5.74, 6) is 0.221. The number of carbonyl (C=O) groups excluding carboxylic acids is 2. The number of hydrogen-bond acceptors (Lipinski definition) is 4. The van der Waals surface area contributed by atoms with Crippen LogP contribution >= 0.6 is 0 Å². The molecule has 1 saturated carbocycles. The van der Waals surface area contributed by atoms with E-state index in [1.807, 2.05) is 60.7 Å². The van der Waals surface area contributed by atoms with Gasteiger partial charge in [-0.05, 0) is 34.2 Å². The zero-order valence-electron chi connectivity index (χ0n) is 18.1. The first-order valence-electron chi connectivity index (χ1n) is 10.7. The van der Waals surface area contributed by atoms with Gasteiger partial charge in [-0.1, -0.05) is 74.5 Å². The SMILES string of the molecule is CC(=O)OC[C@H]1CC(=O)C[C@H]1CCC(C)(C)[Si](O)(c1ccccc1)c1ccccc1. The van der Waals surface area contributed by atoms with Crippen molar-refractivity contribution >= 4 is 30.4 Å². The van der Waals surface area contributed by atoms with Crippen molar-refractivity contribution < 1.29 is 19.1 Å². The minimum absolute atomic E-state index is 0.0837. The number of rotatable bonds is 8. The molecule has 0 amide bonds. The van der Waals surface area contributed by atoms with E-state index in [0.29, 0.717) is 19.4 Å². The van der Waals surface area contributed by atoms with E-state index in [-0.39, 0.29) is 28.6 Å². The van der Waals surface area contributed by atoms with Gasteiger partial charge in [0.25, 0.3) is 8.32 Å². The molecule has 5 heteroatoms. The molecule has 2 aromatic carbocycles. The molecule has 0 heterocycles. The fourth-order valence-electron chi connectivity index (χ4n) is 4.79. The summed E-state index contributed by atoms with van der Waals surface area (Å²) in [4.78, 5) is 35.6. The molecule has 2 aromatic rings. The summed E-state index contributed by atoms with van der Waals surface area (Å²) < 4.78 is 5.21. The largest absolute Gasteiger partial charge is 0.466 e. The lowest BCUT2D eigenvalue weighted by Gasteiger charge is -2.42. The Morgan fingerprint density at radius 3 is 2.00 bits per heavy atom. The van der Waals surface area contributed by atoms with E-state index < -0.39 is 8.32 Å². The predicted octanol–water partition coefficient (Wildman–Crippen LogP) is 3.46. The summed E-state index contributed by atoms with van der Waals surface area (Å²) in [6, 6.07) is 20.0. The van der Waals surface area contributed by atoms with Crippen LogP contribution in [0.3, 0.4) is 0 Å². The van der Waals surface area contributed by atoms with Crippen LogP contribution in [0.1, 0.15) is 46.5 Å². The molecule has 4 nitrogen and oxygen atoms in total. The van der Waals surface area contributed by atoms with Crippen LogP contribution < -0.4 is 10.4 Å². The molecule has 3 rings (SSSR count). The molecule has 1 aliphatic rings. The quantitative estimate of drug-likeness (QED) is 0.521. The number of esters is 1. The van der Waals surface area contributed by atoms with E-state index in [4.69, 9.17) is 4.74 Å². The Balaban J connectivity index is 1.84. The molecular formula is C25H32O4Si. The summed E-state index contributed by atoms with van der Waals surface area (Å²) in [7, 11) is -3.05. The van der Waals surface area contributed by atoms with Crippen LogP contribution in [0.25, 0.3) is 0 Å². The summed E-state index contributed by atoms with van der Waals surface area (Å²) in [6.45, 7) is 6.01. The molecule has 0 aliphatic heterocycles. The van der Waals surface area contributed by atoms with Crippen LogP contribution in [0.5, 0.6) is 0 Å². The van der Waals surface area contributed by atoms with Gasteiger partial charge in [-0.15, -0.1) is 0 Å². The van der Waals surface area contributed by atoms with E-state index >= 15 is 0 Å². The van der Waals surface area contributed by atoms with Crippen molar-refractivity contribution in [2.45, 2.75) is 51.5 Å². The average molecular weight is 425 g/mol. The van der Waals surface area contributed by atoms with Crippen LogP contribution in [0.15, 0.2) is 60.7 Å². The maximum absolute atomic E-state index is 12.3. The maximum Gasteiger partial charge on any atom is 0.302 e. The van der Waals surface area contributed by atoms with Gasteiger partial charge in [-0.2, -0.15) is 0 Å². The summed E-state index contributed by atoms with van der Waals surface area (Å²) in [5, 5.41) is 1.66. The molecule has 30 heavy (non-hydrogen) atoms. The topological polar surface area (TPSA) is 63.6 Å². The van der Waals surface area contributed by atoms with Gasteiger partial charge in [0.15, 0.2) is 0 Å². The number of ketones is 1. The van der Waals surface area contributed by atoms with Crippen molar-refractivity contribution in [3.05, 3.63) is 60.7 Å². The van der Waals surface area contributed by atoms with Crippen molar-refractivity contribution in [2.24, 2.45) is 11.8 Å². The third-order valence-electron chi connectivity index (χ3n) is 6.65. The molecule has 1 N–H and O–H groups in total. The lowest BCUT2D eigenvalue weighted by Crippen LogP contribution is -2.65. The van der Waals surface area contributed by atoms with E-state index in [9.17, 15) is 14.4 Å². The minimum Gasteiger partial charge on any atom is -0.466 e. The standard InChI is InChI=1S/C25H32O4Si/c1-19(26)29-18-21-17-22(27)16-20(21)14-15-25(2,3)30(28,23-10-6-4-7-11-23)24-12-8-5-9-13-24/h4-13,20-21,28H,14-18H2,1-3H3/t20-,21-/m1/s1. The van der Waals surface area contributed by atoms with E-state index in [2.05, 4.69) is 13.8 Å². The third-order valence-corrected chi connectivity index (χ3v) is 11.2. The molecular weight excluding hydrogens is 392 g/mol. The number of benzene rings is 2. The first kappa shape index (κ1) is 22.4. The Morgan fingerprint density at radius 1 is 1.00 bits per heavy atom. The Kier molecular flexibility index (Phi) is 6.94. The minimum atomic E-state index is -3.05. The van der Waals surface area contributed by atoms with Crippen molar-refractivity contribution in [3.8, 4) is 0 Å². The lowest BCUT2D eigenvalue weighted by atomic mass is 9.89. The molecule has 0 saturated heterocycles. The van der Waals surface area contributed by atoms with Gasteiger partial charge >= 0.3 is 5.97 Å². The first-order chi connectivity index (χ1) is 14.2. The van der Waals surface area contributed by atoms with Crippen LogP contribution in [0.2, 0.25) is 5.04 Å². The van der Waals surface area contributed by atoms with Gasteiger partial charge in [0.1, 0.15) is 5.78 Å². The fourth-order valence-corrected chi connectivity index (χ4v) is 8.54. The molecule has 2 atom stereocenters.